The zero-order chi connectivity index (χ0) is 11.8. The van der Waals surface area contributed by atoms with Gasteiger partial charge in [-0.1, -0.05) is 11.6 Å². The number of hydrogen-bond acceptors (Lipinski definition) is 4. The molecule has 1 aromatic heterocycles. The first-order chi connectivity index (χ1) is 8.27. The summed E-state index contributed by atoms with van der Waals surface area (Å²) in [4.78, 5) is 3.96. The molecule has 2 fully saturated rings. The topological polar surface area (TPSA) is 60.2 Å². The van der Waals surface area contributed by atoms with Crippen molar-refractivity contribution in [1.29, 1.82) is 0 Å². The Morgan fingerprint density at radius 3 is 3.24 bits per heavy atom. The molecule has 4 unspecified atom stereocenters. The van der Waals surface area contributed by atoms with Crippen molar-refractivity contribution in [2.75, 3.05) is 11.9 Å². The number of hydrogen-bond donors (Lipinski definition) is 2. The summed E-state index contributed by atoms with van der Waals surface area (Å²) in [5.74, 6) is 0.502. The van der Waals surface area contributed by atoms with Gasteiger partial charge >= 0.3 is 0 Å². The second kappa shape index (κ2) is 4.44. The Hall–Kier alpha value is -0.840. The van der Waals surface area contributed by atoms with Gasteiger partial charge in [-0.15, -0.1) is 0 Å². The van der Waals surface area contributed by atoms with E-state index in [2.05, 4.69) is 10.3 Å². The van der Waals surface area contributed by atoms with Gasteiger partial charge < -0.3 is 15.8 Å². The van der Waals surface area contributed by atoms with E-state index in [9.17, 15) is 0 Å². The van der Waals surface area contributed by atoms with Gasteiger partial charge in [-0.2, -0.15) is 0 Å². The van der Waals surface area contributed by atoms with Gasteiger partial charge in [0.15, 0.2) is 0 Å². The van der Waals surface area contributed by atoms with Gasteiger partial charge in [0.1, 0.15) is 0 Å². The normalized spacial score (nSPS) is 35.9. The van der Waals surface area contributed by atoms with E-state index in [0.29, 0.717) is 10.9 Å². The maximum Gasteiger partial charge on any atom is 0.0834 e. The predicted molar refractivity (Wildman–Crippen MR) is 67.1 cm³/mol. The largest absolute Gasteiger partial charge is 0.377 e. The summed E-state index contributed by atoms with van der Waals surface area (Å²) in [6.07, 6.45) is 5.89. The van der Waals surface area contributed by atoms with E-state index in [-0.39, 0.29) is 18.2 Å². The molecular weight excluding hydrogens is 238 g/mol. The number of nitrogens with zero attached hydrogens (tertiary/aromatic N) is 1. The predicted octanol–water partition coefficient (Wildman–Crippen LogP) is 1.65. The van der Waals surface area contributed by atoms with Gasteiger partial charge in [0.2, 0.25) is 0 Å². The molecule has 0 radical (unpaired) electrons. The van der Waals surface area contributed by atoms with E-state index in [1.165, 1.54) is 6.42 Å². The lowest BCUT2D eigenvalue weighted by Gasteiger charge is -2.52. The number of anilines is 1. The Bertz CT molecular complexity index is 414. The monoisotopic (exact) mass is 253 g/mol. The number of aromatic nitrogens is 1. The summed E-state index contributed by atoms with van der Waals surface area (Å²) in [6.45, 7) is 0.843. The number of halogens is 1. The van der Waals surface area contributed by atoms with Gasteiger partial charge in [-0.3, -0.25) is 4.98 Å². The summed E-state index contributed by atoms with van der Waals surface area (Å²) in [5.41, 5.74) is 7.06. The first kappa shape index (κ1) is 11.3. The highest BCUT2D eigenvalue weighted by Gasteiger charge is 2.50. The number of pyridine rings is 1. The smallest absolute Gasteiger partial charge is 0.0834 e. The van der Waals surface area contributed by atoms with E-state index >= 15 is 0 Å². The fourth-order valence-corrected chi connectivity index (χ4v) is 2.97. The molecule has 1 aliphatic heterocycles. The number of rotatable bonds is 2. The summed E-state index contributed by atoms with van der Waals surface area (Å²) < 4.78 is 5.77. The van der Waals surface area contributed by atoms with Gasteiger partial charge in [0, 0.05) is 31.0 Å². The number of ether oxygens (including phenoxy) is 1. The van der Waals surface area contributed by atoms with E-state index < -0.39 is 0 Å². The molecule has 5 heteroatoms. The minimum absolute atomic E-state index is 0.157. The van der Waals surface area contributed by atoms with Crippen LogP contribution in [0.1, 0.15) is 12.8 Å². The van der Waals surface area contributed by atoms with Crippen LogP contribution in [0, 0.1) is 5.92 Å². The first-order valence-corrected chi connectivity index (χ1v) is 6.38. The zero-order valence-corrected chi connectivity index (χ0v) is 10.2. The summed E-state index contributed by atoms with van der Waals surface area (Å²) in [7, 11) is 0. The minimum atomic E-state index is 0.157. The maximum atomic E-state index is 6.17. The summed E-state index contributed by atoms with van der Waals surface area (Å²) >= 11 is 6.07. The van der Waals surface area contributed by atoms with Crippen molar-refractivity contribution in [2.45, 2.75) is 31.0 Å². The van der Waals surface area contributed by atoms with Crippen molar-refractivity contribution in [1.82, 2.24) is 4.98 Å². The van der Waals surface area contributed by atoms with Crippen LogP contribution in [-0.2, 0) is 4.74 Å². The van der Waals surface area contributed by atoms with Gasteiger partial charge in [0.05, 0.1) is 22.9 Å². The fraction of sp³-hybridized carbons (Fsp3) is 0.583. The molecule has 1 aliphatic carbocycles. The maximum absolute atomic E-state index is 6.17. The van der Waals surface area contributed by atoms with Crippen LogP contribution in [0.4, 0.5) is 5.69 Å². The molecule has 0 bridgehead atoms. The molecular formula is C12H16ClN3O. The zero-order valence-electron chi connectivity index (χ0n) is 9.47. The second-order valence-corrected chi connectivity index (χ2v) is 5.15. The van der Waals surface area contributed by atoms with Crippen molar-refractivity contribution in [3.63, 3.8) is 0 Å². The van der Waals surface area contributed by atoms with Crippen molar-refractivity contribution in [3.8, 4) is 0 Å². The number of fused-ring (bicyclic) bond motifs is 1. The lowest BCUT2D eigenvalue weighted by atomic mass is 9.68. The molecule has 4 nitrogen and oxygen atoms in total. The minimum Gasteiger partial charge on any atom is -0.377 e. The standard InChI is InChI=1S/C12H16ClN3O/c13-8-6-15-4-3-9(8)16-11-10(14)7-2-1-5-17-12(7)11/h3-4,6-7,10-12H,1-2,5,14H2,(H,15,16). The molecule has 3 rings (SSSR count). The van der Waals surface area contributed by atoms with Crippen LogP contribution >= 0.6 is 11.6 Å². The number of nitrogens with one attached hydrogen (secondary N) is 1. The van der Waals surface area contributed by atoms with E-state index in [4.69, 9.17) is 22.1 Å². The molecule has 2 heterocycles. The van der Waals surface area contributed by atoms with Crippen molar-refractivity contribution < 1.29 is 4.74 Å². The quantitative estimate of drug-likeness (QED) is 0.842. The van der Waals surface area contributed by atoms with Gasteiger partial charge in [-0.05, 0) is 18.9 Å². The summed E-state index contributed by atoms with van der Waals surface area (Å²) in [6, 6.07) is 2.19. The average Bonchev–Trinajstić information content (AvgIpc) is 2.37. The number of nitrogens with two attached hydrogens (primary N) is 1. The molecule has 1 aromatic rings. The van der Waals surface area contributed by atoms with Crippen LogP contribution in [0.5, 0.6) is 0 Å². The van der Waals surface area contributed by atoms with Crippen molar-refractivity contribution in [3.05, 3.63) is 23.5 Å². The Kier molecular flexibility index (Phi) is 2.94. The Morgan fingerprint density at radius 1 is 1.53 bits per heavy atom. The van der Waals surface area contributed by atoms with Crippen LogP contribution < -0.4 is 11.1 Å². The molecule has 3 N–H and O–H groups in total. The van der Waals surface area contributed by atoms with Crippen LogP contribution in [0.2, 0.25) is 5.02 Å². The van der Waals surface area contributed by atoms with Crippen molar-refractivity contribution in [2.24, 2.45) is 11.7 Å². The molecule has 17 heavy (non-hydrogen) atoms. The lowest BCUT2D eigenvalue weighted by molar-refractivity contribution is -0.104. The summed E-state index contributed by atoms with van der Waals surface area (Å²) in [5, 5.41) is 4.00. The fourth-order valence-electron chi connectivity index (χ4n) is 2.80. The Morgan fingerprint density at radius 2 is 2.41 bits per heavy atom. The van der Waals surface area contributed by atoms with Crippen LogP contribution in [0.3, 0.4) is 0 Å². The molecule has 1 saturated heterocycles. The Balaban J connectivity index is 1.72. The highest BCUT2D eigenvalue weighted by molar-refractivity contribution is 6.33. The molecule has 0 spiro atoms. The average molecular weight is 254 g/mol. The van der Waals surface area contributed by atoms with Crippen LogP contribution in [0.25, 0.3) is 0 Å². The lowest BCUT2D eigenvalue weighted by Crippen LogP contribution is -2.69. The SMILES string of the molecule is NC1C2CCCOC2C1Nc1ccncc1Cl. The molecule has 1 saturated carbocycles. The van der Waals surface area contributed by atoms with E-state index in [0.717, 1.165) is 18.7 Å². The molecule has 0 amide bonds. The molecule has 4 atom stereocenters. The Labute approximate surface area is 106 Å². The third kappa shape index (κ3) is 1.90. The van der Waals surface area contributed by atoms with Crippen LogP contribution in [0.15, 0.2) is 18.5 Å². The van der Waals surface area contributed by atoms with Crippen LogP contribution in [-0.4, -0.2) is 29.8 Å². The highest BCUT2D eigenvalue weighted by Crippen LogP contribution is 2.39. The van der Waals surface area contributed by atoms with Crippen molar-refractivity contribution >= 4 is 17.3 Å². The third-order valence-corrected chi connectivity index (χ3v) is 4.07. The third-order valence-electron chi connectivity index (χ3n) is 3.77. The molecule has 0 aromatic carbocycles. The van der Waals surface area contributed by atoms with E-state index in [1.807, 2.05) is 6.07 Å². The van der Waals surface area contributed by atoms with E-state index in [1.54, 1.807) is 12.4 Å². The first-order valence-electron chi connectivity index (χ1n) is 6.00. The molecule has 2 aliphatic rings. The molecule has 92 valence electrons. The highest BCUT2D eigenvalue weighted by atomic mass is 35.5. The van der Waals surface area contributed by atoms with Gasteiger partial charge in [0.25, 0.3) is 0 Å². The van der Waals surface area contributed by atoms with Gasteiger partial charge in [-0.25, -0.2) is 0 Å². The second-order valence-electron chi connectivity index (χ2n) is 4.74.